The van der Waals surface area contributed by atoms with Crippen LogP contribution in [-0.2, 0) is 25.9 Å². The van der Waals surface area contributed by atoms with Crippen LogP contribution in [0.15, 0.2) is 85.2 Å². The zero-order valence-corrected chi connectivity index (χ0v) is 48.7. The Kier molecular flexibility index (Phi) is 19.7. The molecule has 0 aliphatic carbocycles. The number of benzene rings is 4. The second-order valence-corrected chi connectivity index (χ2v) is 21.9. The highest BCUT2D eigenvalue weighted by Gasteiger charge is 2.32. The first kappa shape index (κ1) is 61.4. The van der Waals surface area contributed by atoms with E-state index >= 15 is 13.2 Å². The molecule has 0 radical (unpaired) electrons. The summed E-state index contributed by atoms with van der Waals surface area (Å²) in [4.78, 5) is 32.1. The lowest BCUT2D eigenvalue weighted by atomic mass is 9.99. The van der Waals surface area contributed by atoms with Gasteiger partial charge in [0.1, 0.15) is 52.0 Å². The number of hydrogen-bond acceptors (Lipinski definition) is 10. The van der Waals surface area contributed by atoms with Gasteiger partial charge in [-0.15, -0.1) is 0 Å². The summed E-state index contributed by atoms with van der Waals surface area (Å²) in [6.07, 6.45) is 3.86. The van der Waals surface area contributed by atoms with Gasteiger partial charge in [-0.2, -0.15) is 14.6 Å². The molecule has 2 aliphatic rings. The number of primary amides is 2. The Balaban J connectivity index is 0.000000191. The van der Waals surface area contributed by atoms with Crippen LogP contribution in [0.4, 0.5) is 48.7 Å². The van der Waals surface area contributed by atoms with Crippen molar-refractivity contribution in [1.29, 1.82) is 0 Å². The van der Waals surface area contributed by atoms with Crippen molar-refractivity contribution in [3.05, 3.63) is 168 Å². The first-order valence-electron chi connectivity index (χ1n) is 26.0. The summed E-state index contributed by atoms with van der Waals surface area (Å²) >= 11 is 23.2. The van der Waals surface area contributed by atoms with Crippen LogP contribution in [0.2, 0.25) is 20.1 Å². The highest BCUT2D eigenvalue weighted by atomic mass is 35.5. The van der Waals surface area contributed by atoms with Gasteiger partial charge >= 0.3 is 12.1 Å². The number of nitrogens with one attached hydrogen (secondary N) is 3. The van der Waals surface area contributed by atoms with Gasteiger partial charge in [0.25, 0.3) is 0 Å². The van der Waals surface area contributed by atoms with E-state index in [1.54, 1.807) is 15.4 Å². The molecule has 4 aromatic heterocycles. The van der Waals surface area contributed by atoms with Crippen molar-refractivity contribution < 1.29 is 41.0 Å². The zero-order valence-electron chi connectivity index (χ0n) is 45.7. The summed E-state index contributed by atoms with van der Waals surface area (Å²) in [7, 11) is 0. The SMILES string of the molecule is Cc1cccc(OCC(C)C)c1-n1nc2c(c1-c1cc(F)c(NC(N)=O)cc1F)CN(c1ncc(Cl)cc1Cl)CC2.Cc1cccc(OCC(C)C)c1-n1nc2c(c1-c1cc(F)c(NC(N)=O)cc1F)CNCC2.Fc1ncc(Cl)cc1Cl. The minimum atomic E-state index is -1.01. The molecule has 0 saturated heterocycles. The standard InChI is InChI=1S/C29H28Cl2F2N6O2.C24H27F2N5O2.C5H2Cl2FN/c1-15(2)14-41-25-6-4-5-16(3)26(25)39-27(18-10-22(33)24(11-21(18)32)36-29(34)40)19-13-38(8-7-23(19)37-39)28-20(31)9-17(30)12-35-28;1-13(2)12-33-21-6-4-5-14(3)22(21)31-23(16-11-28-8-7-19(16)30-31)15-9-18(26)20(10-17(15)25)29-24(27)32;6-3-1-4(7)5(8)9-2-3/h4-6,9-12,15H,7-8,13-14H2,1-3H3,(H3,34,36,40);4-6,9-10,13,28H,7-8,11-12H2,1-3H3,(H3,27,29,32);1-2H. The quantitative estimate of drug-likeness (QED) is 0.0545. The number of nitrogens with zero attached hydrogens (tertiary/aromatic N) is 7. The van der Waals surface area contributed by atoms with E-state index in [9.17, 15) is 18.4 Å². The Morgan fingerprint density at radius 3 is 1.60 bits per heavy atom. The molecule has 10 rings (SSSR count). The van der Waals surface area contributed by atoms with E-state index < -0.39 is 41.3 Å². The minimum absolute atomic E-state index is 0.0398. The molecule has 0 saturated carbocycles. The summed E-state index contributed by atoms with van der Waals surface area (Å²) in [5.74, 6) is -1.54. The van der Waals surface area contributed by atoms with Crippen molar-refractivity contribution in [1.82, 2.24) is 34.8 Å². The van der Waals surface area contributed by atoms with Crippen LogP contribution >= 0.6 is 46.4 Å². The summed E-state index contributed by atoms with van der Waals surface area (Å²) < 4.78 is 88.8. The number of halogens is 9. The number of nitrogens with two attached hydrogens (primary N) is 2. The fourth-order valence-electron chi connectivity index (χ4n) is 9.24. The van der Waals surface area contributed by atoms with E-state index in [0.29, 0.717) is 106 Å². The van der Waals surface area contributed by atoms with E-state index in [-0.39, 0.29) is 40.0 Å². The molecule has 83 heavy (non-hydrogen) atoms. The number of amides is 4. The van der Waals surface area contributed by atoms with Crippen LogP contribution < -0.4 is 41.8 Å². The van der Waals surface area contributed by atoms with Crippen molar-refractivity contribution in [2.24, 2.45) is 23.3 Å². The Labute approximate surface area is 495 Å². The molecule has 0 fully saturated rings. The summed E-state index contributed by atoms with van der Waals surface area (Å²) in [6.45, 7) is 15.0. The molecule has 2 aliphatic heterocycles. The minimum Gasteiger partial charge on any atom is -0.491 e. The molecule has 6 heterocycles. The fraction of sp³-hybridized carbons (Fsp3) is 0.276. The second kappa shape index (κ2) is 26.7. The van der Waals surface area contributed by atoms with Crippen LogP contribution in [0, 0.1) is 54.9 Å². The Bertz CT molecular complexity index is 3730. The first-order chi connectivity index (χ1) is 39.5. The first-order valence-corrected chi connectivity index (χ1v) is 27.5. The summed E-state index contributed by atoms with van der Waals surface area (Å²) in [6, 6.07) is 16.1. The molecule has 4 aromatic carbocycles. The third-order valence-corrected chi connectivity index (χ3v) is 13.9. The van der Waals surface area contributed by atoms with Gasteiger partial charge in [-0.3, -0.25) is 0 Å². The third-order valence-electron chi connectivity index (χ3n) is 12.9. The number of urea groups is 2. The second-order valence-electron chi connectivity index (χ2n) is 20.2. The number of para-hydroxylation sites is 2. The maximum Gasteiger partial charge on any atom is 0.316 e. The average molecular weight is 1220 g/mol. The third kappa shape index (κ3) is 14.4. The molecule has 8 aromatic rings. The van der Waals surface area contributed by atoms with Crippen LogP contribution in [0.25, 0.3) is 33.9 Å². The number of carbonyl (C=O) groups excluding carboxylic acids is 2. The Morgan fingerprint density at radius 1 is 0.651 bits per heavy atom. The Morgan fingerprint density at radius 2 is 1.13 bits per heavy atom. The highest BCUT2D eigenvalue weighted by Crippen LogP contribution is 2.42. The predicted molar refractivity (Wildman–Crippen MR) is 313 cm³/mol. The van der Waals surface area contributed by atoms with Gasteiger partial charge in [0, 0.05) is 85.8 Å². The molecule has 0 spiro atoms. The van der Waals surface area contributed by atoms with Crippen molar-refractivity contribution in [2.45, 2.75) is 67.5 Å². The number of anilines is 3. The average Bonchev–Trinajstić information content (AvgIpc) is 4.17. The Hall–Kier alpha value is -7.69. The van der Waals surface area contributed by atoms with Gasteiger partial charge in [-0.25, -0.2) is 46.5 Å². The van der Waals surface area contributed by atoms with E-state index in [1.807, 2.05) is 69.0 Å². The molecule has 0 atom stereocenters. The van der Waals surface area contributed by atoms with Crippen molar-refractivity contribution >= 4 is 75.7 Å². The fourth-order valence-corrected chi connectivity index (χ4v) is 10.1. The zero-order chi connectivity index (χ0) is 60.0. The molecular formula is C58H57Cl4F5N12O4. The van der Waals surface area contributed by atoms with Gasteiger partial charge in [0.2, 0.25) is 5.95 Å². The van der Waals surface area contributed by atoms with Crippen LogP contribution in [0.3, 0.4) is 0 Å². The summed E-state index contributed by atoms with van der Waals surface area (Å²) in [5, 5.41) is 18.3. The normalized spacial score (nSPS) is 12.7. The van der Waals surface area contributed by atoms with E-state index in [2.05, 4.69) is 39.8 Å². The number of carbonyl (C=O) groups is 2. The topological polar surface area (TPSA) is 205 Å². The summed E-state index contributed by atoms with van der Waals surface area (Å²) in [5.41, 5.74) is 16.4. The number of rotatable bonds is 13. The molecule has 4 amide bonds. The van der Waals surface area contributed by atoms with Gasteiger partial charge in [0.05, 0.1) is 67.5 Å². The lowest BCUT2D eigenvalue weighted by Gasteiger charge is -2.28. The van der Waals surface area contributed by atoms with Crippen LogP contribution in [0.1, 0.15) is 61.3 Å². The molecule has 25 heteroatoms. The monoisotopic (exact) mass is 1220 g/mol. The molecule has 7 N–H and O–H groups in total. The van der Waals surface area contributed by atoms with Gasteiger partial charge < -0.3 is 41.8 Å². The molecule has 16 nitrogen and oxygen atoms in total. The molecule has 0 unspecified atom stereocenters. The maximum atomic E-state index is 15.8. The van der Waals surface area contributed by atoms with Crippen molar-refractivity contribution in [2.75, 3.05) is 41.8 Å². The van der Waals surface area contributed by atoms with Gasteiger partial charge in [0.15, 0.2) is 0 Å². The number of ether oxygens (including phenoxy) is 2. The smallest absolute Gasteiger partial charge is 0.316 e. The van der Waals surface area contributed by atoms with Gasteiger partial charge in [-0.05, 0) is 73.2 Å². The van der Waals surface area contributed by atoms with Gasteiger partial charge in [-0.1, -0.05) is 98.4 Å². The van der Waals surface area contributed by atoms with Crippen LogP contribution in [0.5, 0.6) is 11.5 Å². The predicted octanol–water partition coefficient (Wildman–Crippen LogP) is 13.7. The highest BCUT2D eigenvalue weighted by molar-refractivity contribution is 6.36. The van der Waals surface area contributed by atoms with Crippen LogP contribution in [-0.4, -0.2) is 67.9 Å². The number of pyridine rings is 2. The lowest BCUT2D eigenvalue weighted by Crippen LogP contribution is -2.31. The molecule has 436 valence electrons. The van der Waals surface area contributed by atoms with E-state index in [4.69, 9.17) is 77.5 Å². The number of aromatic nitrogens is 6. The van der Waals surface area contributed by atoms with Crippen molar-refractivity contribution in [3.8, 4) is 45.4 Å². The van der Waals surface area contributed by atoms with E-state index in [0.717, 1.165) is 58.9 Å². The molecule has 0 bridgehead atoms. The number of hydrogen-bond donors (Lipinski definition) is 5. The van der Waals surface area contributed by atoms with Crippen molar-refractivity contribution in [3.63, 3.8) is 0 Å². The van der Waals surface area contributed by atoms with E-state index in [1.165, 1.54) is 18.5 Å². The molecular weight excluding hydrogens is 1170 g/mol. The maximum absolute atomic E-state index is 15.8. The number of aryl methyl sites for hydroxylation is 2. The largest absolute Gasteiger partial charge is 0.491 e. The number of fused-ring (bicyclic) bond motifs is 2. The lowest BCUT2D eigenvalue weighted by molar-refractivity contribution is 0.258.